The summed E-state index contributed by atoms with van der Waals surface area (Å²) < 4.78 is 0. The van der Waals surface area contributed by atoms with Gasteiger partial charge in [0.25, 0.3) is 47.3 Å². The van der Waals surface area contributed by atoms with Crippen LogP contribution in [0.15, 0.2) is 39.2 Å². The number of rotatable bonds is 20. The topological polar surface area (TPSA) is 150 Å². The molecule has 4 rings (SSSR count). The zero-order valence-electron chi connectivity index (χ0n) is 33.0. The third-order valence-electron chi connectivity index (χ3n) is 9.15. The predicted molar refractivity (Wildman–Crippen MR) is 238 cm³/mol. The van der Waals surface area contributed by atoms with Crippen LogP contribution >= 0.6 is 94.1 Å². The zero-order valence-corrected chi connectivity index (χ0v) is 39.6. The van der Waals surface area contributed by atoms with Gasteiger partial charge >= 0.3 is 0 Å². The molecular formula is C36H46N4O8S8. The molecule has 0 N–H and O–H groups in total. The Balaban J connectivity index is 1.77. The van der Waals surface area contributed by atoms with Gasteiger partial charge in [0.15, 0.2) is 0 Å². The van der Waals surface area contributed by atoms with Crippen molar-refractivity contribution in [2.45, 2.75) is 80.6 Å². The smallest absolute Gasteiger partial charge is 0.268 e. The van der Waals surface area contributed by atoms with Crippen molar-refractivity contribution in [3.63, 3.8) is 0 Å². The van der Waals surface area contributed by atoms with Crippen LogP contribution in [0.5, 0.6) is 0 Å². The lowest BCUT2D eigenvalue weighted by atomic mass is 10.2. The van der Waals surface area contributed by atoms with Crippen LogP contribution in [0.4, 0.5) is 0 Å². The minimum Gasteiger partial charge on any atom is -0.277 e. The Bertz CT molecular complexity index is 1860. The van der Waals surface area contributed by atoms with Crippen molar-refractivity contribution in [1.29, 1.82) is 0 Å². The van der Waals surface area contributed by atoms with Crippen molar-refractivity contribution in [2.75, 3.05) is 46.0 Å². The molecule has 0 radical (unpaired) electrons. The van der Waals surface area contributed by atoms with E-state index in [1.165, 1.54) is 122 Å². The Morgan fingerprint density at radius 2 is 0.714 bits per heavy atom. The van der Waals surface area contributed by atoms with Crippen LogP contribution in [0.3, 0.4) is 0 Å². The summed E-state index contributed by atoms with van der Waals surface area (Å²) in [6.07, 6.45) is 2.84. The first kappa shape index (κ1) is 47.0. The number of nitrogens with zero attached hydrogens (tertiary/aromatic N) is 4. The normalized spacial score (nSPS) is 21.1. The summed E-state index contributed by atoms with van der Waals surface area (Å²) in [5, 5.41) is -1.81. The van der Waals surface area contributed by atoms with Gasteiger partial charge in [-0.25, -0.2) is 0 Å². The molecule has 0 fully saturated rings. The number of carbonyl (C=O) groups excluding carboxylic acids is 8. The molecule has 5 atom stereocenters. The molecular weight excluding hydrogens is 873 g/mol. The summed E-state index contributed by atoms with van der Waals surface area (Å²) in [6, 6.07) is 0. The Hall–Kier alpha value is -1.68. The van der Waals surface area contributed by atoms with Crippen LogP contribution in [-0.2, 0) is 38.4 Å². The first-order valence-electron chi connectivity index (χ1n) is 17.8. The van der Waals surface area contributed by atoms with Crippen LogP contribution in [0.1, 0.15) is 54.4 Å². The van der Waals surface area contributed by atoms with E-state index in [1.54, 1.807) is 6.26 Å². The van der Waals surface area contributed by atoms with Crippen LogP contribution in [-0.4, -0.2) is 139 Å². The number of hydrogen-bond acceptors (Lipinski definition) is 16. The number of amides is 8. The molecule has 56 heavy (non-hydrogen) atoms. The van der Waals surface area contributed by atoms with E-state index in [2.05, 4.69) is 0 Å². The Kier molecular flexibility index (Phi) is 16.8. The van der Waals surface area contributed by atoms with Gasteiger partial charge in [0.05, 0.1) is 39.2 Å². The highest BCUT2D eigenvalue weighted by Crippen LogP contribution is 2.51. The average Bonchev–Trinajstić information content (AvgIpc) is 3.68. The minimum atomic E-state index is -0.509. The first-order valence-corrected chi connectivity index (χ1v) is 25.4. The van der Waals surface area contributed by atoms with Gasteiger partial charge in [-0.3, -0.25) is 58.0 Å². The summed E-state index contributed by atoms with van der Waals surface area (Å²) in [6.45, 7) is 11.6. The summed E-state index contributed by atoms with van der Waals surface area (Å²) >= 11 is 10.1. The molecule has 4 heterocycles. The molecule has 0 aromatic carbocycles. The molecule has 4 aliphatic heterocycles. The number of likely N-dealkylation sites (N-methyl/N-ethyl adjacent to an activating group) is 4. The number of thioether (sulfide) groups is 8. The monoisotopic (exact) mass is 918 g/mol. The standard InChI is InChI=1S/C36H46N4O8S8/c1-12-18(54-25-22(50-14-3)30(42)38(8)33(25)45)16(5)52-27-28(36(48)40(10)35(27)47)56-20(17(6)53-24-21(49-11)29(41)37(7)32(24)44)19(13-2)55-26-23(51-15-4)31(43)39(9)34(26)46/h16-20H,12-15H2,1-11H3/t16-,17+,18+,19+,20+/m0/s1. The van der Waals surface area contributed by atoms with E-state index in [-0.39, 0.29) is 43.3 Å². The third kappa shape index (κ3) is 9.21. The molecule has 12 nitrogen and oxygen atoms in total. The maximum atomic E-state index is 14.0. The van der Waals surface area contributed by atoms with E-state index in [9.17, 15) is 38.4 Å². The summed E-state index contributed by atoms with van der Waals surface area (Å²) in [5.74, 6) is -2.04. The minimum absolute atomic E-state index is 0.202. The molecule has 0 aromatic rings. The summed E-state index contributed by atoms with van der Waals surface area (Å²) in [5.41, 5.74) is 0. The van der Waals surface area contributed by atoms with Gasteiger partial charge in [-0.2, -0.15) is 0 Å². The van der Waals surface area contributed by atoms with Gasteiger partial charge < -0.3 is 0 Å². The molecule has 306 valence electrons. The van der Waals surface area contributed by atoms with Crippen LogP contribution < -0.4 is 0 Å². The highest BCUT2D eigenvalue weighted by atomic mass is 32.2. The maximum absolute atomic E-state index is 14.0. The predicted octanol–water partition coefficient (Wildman–Crippen LogP) is 6.07. The second-order valence-corrected chi connectivity index (χ2v) is 22.6. The van der Waals surface area contributed by atoms with Gasteiger partial charge in [0, 0.05) is 54.4 Å². The fourth-order valence-corrected chi connectivity index (χ4v) is 16.4. The Labute approximate surface area is 362 Å². The van der Waals surface area contributed by atoms with Crippen LogP contribution in [0.2, 0.25) is 0 Å². The second-order valence-electron chi connectivity index (χ2n) is 12.7. The van der Waals surface area contributed by atoms with Crippen molar-refractivity contribution in [3.8, 4) is 0 Å². The fourth-order valence-electron chi connectivity index (χ4n) is 5.93. The van der Waals surface area contributed by atoms with Gasteiger partial charge in [0.1, 0.15) is 0 Å². The molecule has 0 unspecified atom stereocenters. The first-order chi connectivity index (χ1) is 26.4. The molecule has 20 heteroatoms. The van der Waals surface area contributed by atoms with E-state index in [1.807, 2.05) is 41.5 Å². The van der Waals surface area contributed by atoms with Gasteiger partial charge in [-0.1, -0.05) is 41.5 Å². The van der Waals surface area contributed by atoms with E-state index >= 15 is 0 Å². The largest absolute Gasteiger partial charge is 0.277 e. The van der Waals surface area contributed by atoms with Crippen molar-refractivity contribution in [3.05, 3.63) is 39.2 Å². The number of hydrogen-bond donors (Lipinski definition) is 0. The van der Waals surface area contributed by atoms with Crippen LogP contribution in [0, 0.1) is 0 Å². The average molecular weight is 919 g/mol. The zero-order chi connectivity index (χ0) is 41.9. The van der Waals surface area contributed by atoms with Crippen molar-refractivity contribution in [1.82, 2.24) is 19.6 Å². The Morgan fingerprint density at radius 1 is 0.411 bits per heavy atom. The quantitative estimate of drug-likeness (QED) is 0.130. The lowest BCUT2D eigenvalue weighted by Gasteiger charge is -2.31. The van der Waals surface area contributed by atoms with E-state index in [0.717, 1.165) is 19.6 Å². The lowest BCUT2D eigenvalue weighted by molar-refractivity contribution is -0.136. The van der Waals surface area contributed by atoms with Crippen molar-refractivity contribution in [2.24, 2.45) is 0 Å². The molecule has 0 aromatic heterocycles. The van der Waals surface area contributed by atoms with Crippen molar-refractivity contribution < 1.29 is 38.4 Å². The van der Waals surface area contributed by atoms with Crippen LogP contribution in [0.25, 0.3) is 0 Å². The molecule has 0 bridgehead atoms. The van der Waals surface area contributed by atoms with Gasteiger partial charge in [-0.05, 0) is 30.6 Å². The molecule has 0 aliphatic carbocycles. The summed E-state index contributed by atoms with van der Waals surface area (Å²) in [4.78, 5) is 114. The number of carbonyl (C=O) groups is 8. The molecule has 0 saturated heterocycles. The van der Waals surface area contributed by atoms with Crippen molar-refractivity contribution >= 4 is 141 Å². The molecule has 8 amide bonds. The Morgan fingerprint density at radius 3 is 1.09 bits per heavy atom. The lowest BCUT2D eigenvalue weighted by Crippen LogP contribution is -2.32. The molecule has 4 aliphatic rings. The third-order valence-corrected chi connectivity index (χ3v) is 20.3. The highest BCUT2D eigenvalue weighted by molar-refractivity contribution is 8.13. The van der Waals surface area contributed by atoms with E-state index < -0.39 is 40.0 Å². The molecule has 0 saturated carbocycles. The fraction of sp³-hybridized carbons (Fsp3) is 0.556. The molecule has 0 spiro atoms. The number of imide groups is 4. The second kappa shape index (κ2) is 20.1. The SMILES string of the molecule is CCSC1=C(S[C@H](CC)[C@H](SC2=C(S[C@@H](C)[C@@H](CC)SC3=C(SCC)C(=O)N(C)C3=O)C(=O)N(C)C2=O)[C@@H](C)SC2=C(SC)C(=O)N(C)C2=O)C(=O)N(C)C1=O. The van der Waals surface area contributed by atoms with Gasteiger partial charge in [-0.15, -0.1) is 94.1 Å². The maximum Gasteiger partial charge on any atom is 0.268 e. The van der Waals surface area contributed by atoms with E-state index in [0.29, 0.717) is 53.8 Å². The summed E-state index contributed by atoms with van der Waals surface area (Å²) in [7, 11) is 5.78. The van der Waals surface area contributed by atoms with E-state index in [4.69, 9.17) is 0 Å². The highest BCUT2D eigenvalue weighted by Gasteiger charge is 2.46. The van der Waals surface area contributed by atoms with Gasteiger partial charge in [0.2, 0.25) is 0 Å².